The summed E-state index contributed by atoms with van der Waals surface area (Å²) in [4.78, 5) is 22.7. The molecule has 0 aromatic carbocycles. The lowest BCUT2D eigenvalue weighted by molar-refractivity contribution is -0.139. The molecule has 0 aromatic heterocycles. The zero-order valence-electron chi connectivity index (χ0n) is 12.4. The summed E-state index contributed by atoms with van der Waals surface area (Å²) < 4.78 is 4.84. The highest BCUT2D eigenvalue weighted by Gasteiger charge is 2.22. The second-order valence-corrected chi connectivity index (χ2v) is 5.66. The number of aliphatic carboxylic acids is 1. The number of amides is 2. The minimum Gasteiger partial charge on any atom is -0.480 e. The van der Waals surface area contributed by atoms with Crippen molar-refractivity contribution in [2.24, 2.45) is 11.8 Å². The molecule has 1 aliphatic rings. The fraction of sp³-hybridized carbons (Fsp3) is 0.857. The molecule has 3 unspecified atom stereocenters. The summed E-state index contributed by atoms with van der Waals surface area (Å²) in [6.07, 6.45) is 5.00. The monoisotopic (exact) mass is 286 g/mol. The third kappa shape index (κ3) is 6.23. The molecule has 1 rings (SSSR count). The quantitative estimate of drug-likeness (QED) is 0.663. The van der Waals surface area contributed by atoms with E-state index >= 15 is 0 Å². The molecular weight excluding hydrogens is 260 g/mol. The Morgan fingerprint density at radius 3 is 2.75 bits per heavy atom. The van der Waals surface area contributed by atoms with Crippen molar-refractivity contribution in [2.45, 2.75) is 45.1 Å². The Morgan fingerprint density at radius 1 is 1.40 bits per heavy atom. The first-order chi connectivity index (χ1) is 9.52. The van der Waals surface area contributed by atoms with Gasteiger partial charge in [-0.15, -0.1) is 0 Å². The number of carbonyl (C=O) groups excluding carboxylic acids is 1. The van der Waals surface area contributed by atoms with Gasteiger partial charge in [0.2, 0.25) is 0 Å². The maximum atomic E-state index is 11.7. The van der Waals surface area contributed by atoms with Gasteiger partial charge in [-0.1, -0.05) is 19.8 Å². The summed E-state index contributed by atoms with van der Waals surface area (Å²) >= 11 is 0. The molecule has 6 nitrogen and oxygen atoms in total. The highest BCUT2D eigenvalue weighted by Crippen LogP contribution is 2.27. The number of hydrogen-bond donors (Lipinski definition) is 3. The molecule has 3 atom stereocenters. The summed E-state index contributed by atoms with van der Waals surface area (Å²) in [5.74, 6) is 0.183. The van der Waals surface area contributed by atoms with Crippen LogP contribution in [0, 0.1) is 11.8 Å². The van der Waals surface area contributed by atoms with Crippen LogP contribution in [0.1, 0.15) is 39.0 Å². The van der Waals surface area contributed by atoms with Crippen molar-refractivity contribution >= 4 is 12.0 Å². The number of rotatable bonds is 7. The molecule has 0 radical (unpaired) electrons. The van der Waals surface area contributed by atoms with Crippen molar-refractivity contribution in [3.63, 3.8) is 0 Å². The molecule has 0 bridgehead atoms. The van der Waals surface area contributed by atoms with E-state index in [0.29, 0.717) is 25.0 Å². The lowest BCUT2D eigenvalue weighted by Gasteiger charge is -2.27. The Morgan fingerprint density at radius 2 is 2.15 bits per heavy atom. The van der Waals surface area contributed by atoms with Crippen molar-refractivity contribution in [3.05, 3.63) is 0 Å². The van der Waals surface area contributed by atoms with Crippen LogP contribution in [0.15, 0.2) is 0 Å². The Labute approximate surface area is 120 Å². The van der Waals surface area contributed by atoms with Crippen molar-refractivity contribution in [3.8, 4) is 0 Å². The molecule has 0 aliphatic heterocycles. The second kappa shape index (κ2) is 8.79. The first kappa shape index (κ1) is 16.8. The first-order valence-corrected chi connectivity index (χ1v) is 7.29. The van der Waals surface area contributed by atoms with E-state index in [0.717, 1.165) is 12.8 Å². The number of ether oxygens (including phenoxy) is 1. The Kier molecular flexibility index (Phi) is 7.36. The normalized spacial score (nSPS) is 23.9. The van der Waals surface area contributed by atoms with Gasteiger partial charge in [-0.25, -0.2) is 9.59 Å². The Bertz CT molecular complexity index is 322. The van der Waals surface area contributed by atoms with E-state index in [-0.39, 0.29) is 6.42 Å². The molecule has 0 spiro atoms. The number of carboxylic acid groups (broad SMARTS) is 1. The van der Waals surface area contributed by atoms with E-state index in [2.05, 4.69) is 17.6 Å². The van der Waals surface area contributed by atoms with Gasteiger partial charge >= 0.3 is 12.0 Å². The molecule has 0 aromatic rings. The van der Waals surface area contributed by atoms with Gasteiger partial charge in [0.15, 0.2) is 0 Å². The maximum Gasteiger partial charge on any atom is 0.326 e. The molecule has 0 heterocycles. The van der Waals surface area contributed by atoms with Crippen molar-refractivity contribution in [2.75, 3.05) is 20.3 Å². The second-order valence-electron chi connectivity index (χ2n) is 5.66. The van der Waals surface area contributed by atoms with E-state index in [1.807, 2.05) is 0 Å². The predicted molar refractivity (Wildman–Crippen MR) is 75.6 cm³/mol. The van der Waals surface area contributed by atoms with E-state index in [9.17, 15) is 9.59 Å². The van der Waals surface area contributed by atoms with Crippen LogP contribution in [0.4, 0.5) is 4.79 Å². The van der Waals surface area contributed by atoms with E-state index in [1.54, 1.807) is 0 Å². The van der Waals surface area contributed by atoms with Crippen molar-refractivity contribution in [1.82, 2.24) is 10.6 Å². The predicted octanol–water partition coefficient (Wildman–Crippen LogP) is 1.60. The fourth-order valence-corrected chi connectivity index (χ4v) is 2.68. The number of carbonyl (C=O) groups is 2. The number of methoxy groups -OCH3 is 1. The van der Waals surface area contributed by atoms with Crippen LogP contribution in [0.2, 0.25) is 0 Å². The Balaban J connectivity index is 2.28. The van der Waals surface area contributed by atoms with Crippen LogP contribution >= 0.6 is 0 Å². The number of urea groups is 1. The highest BCUT2D eigenvalue weighted by atomic mass is 16.5. The van der Waals surface area contributed by atoms with Gasteiger partial charge < -0.3 is 20.5 Å². The number of nitrogens with one attached hydrogen (secondary N) is 2. The van der Waals surface area contributed by atoms with Crippen LogP contribution < -0.4 is 10.6 Å². The molecule has 3 N–H and O–H groups in total. The molecule has 0 saturated heterocycles. The molecule has 116 valence electrons. The average Bonchev–Trinajstić information content (AvgIpc) is 2.41. The van der Waals surface area contributed by atoms with Gasteiger partial charge in [0.1, 0.15) is 6.04 Å². The standard InChI is InChI=1S/C14H26N2O4/c1-10-4-3-5-11(8-10)9-15-14(19)16-12(13(17)18)6-7-20-2/h10-12H,3-9H2,1-2H3,(H,17,18)(H2,15,16,19). The minimum atomic E-state index is -1.04. The summed E-state index contributed by atoms with van der Waals surface area (Å²) in [6.45, 7) is 3.15. The SMILES string of the molecule is COCCC(NC(=O)NCC1CCCC(C)C1)C(=O)O. The van der Waals surface area contributed by atoms with Crippen LogP contribution in [0.5, 0.6) is 0 Å². The highest BCUT2D eigenvalue weighted by molar-refractivity contribution is 5.82. The van der Waals surface area contributed by atoms with Gasteiger partial charge in [0.05, 0.1) is 0 Å². The maximum absolute atomic E-state index is 11.7. The minimum absolute atomic E-state index is 0.264. The third-order valence-electron chi connectivity index (χ3n) is 3.81. The smallest absolute Gasteiger partial charge is 0.326 e. The molecule has 2 amide bonds. The van der Waals surface area contributed by atoms with Gasteiger partial charge in [-0.3, -0.25) is 0 Å². The topological polar surface area (TPSA) is 87.7 Å². The van der Waals surface area contributed by atoms with Crippen molar-refractivity contribution < 1.29 is 19.4 Å². The lowest BCUT2D eigenvalue weighted by Crippen LogP contribution is -2.47. The summed E-state index contributed by atoms with van der Waals surface area (Å²) in [5.41, 5.74) is 0. The summed E-state index contributed by atoms with van der Waals surface area (Å²) in [7, 11) is 1.50. The van der Waals surface area contributed by atoms with Crippen LogP contribution in [0.25, 0.3) is 0 Å². The lowest BCUT2D eigenvalue weighted by atomic mass is 9.82. The third-order valence-corrected chi connectivity index (χ3v) is 3.81. The zero-order chi connectivity index (χ0) is 15.0. The molecule has 1 fully saturated rings. The van der Waals surface area contributed by atoms with Crippen LogP contribution in [0.3, 0.4) is 0 Å². The van der Waals surface area contributed by atoms with Gasteiger partial charge in [-0.2, -0.15) is 0 Å². The largest absolute Gasteiger partial charge is 0.480 e. The van der Waals surface area contributed by atoms with E-state index in [4.69, 9.17) is 9.84 Å². The number of carboxylic acids is 1. The van der Waals surface area contributed by atoms with Gasteiger partial charge in [0, 0.05) is 26.7 Å². The van der Waals surface area contributed by atoms with Gasteiger partial charge in [0.25, 0.3) is 0 Å². The van der Waals surface area contributed by atoms with Gasteiger partial charge in [-0.05, 0) is 24.7 Å². The van der Waals surface area contributed by atoms with Crippen LogP contribution in [-0.4, -0.2) is 43.4 Å². The molecule has 1 saturated carbocycles. The van der Waals surface area contributed by atoms with Crippen LogP contribution in [-0.2, 0) is 9.53 Å². The molecule has 1 aliphatic carbocycles. The van der Waals surface area contributed by atoms with E-state index < -0.39 is 18.0 Å². The first-order valence-electron chi connectivity index (χ1n) is 7.29. The average molecular weight is 286 g/mol. The fourth-order valence-electron chi connectivity index (χ4n) is 2.68. The molecule has 20 heavy (non-hydrogen) atoms. The van der Waals surface area contributed by atoms with Crippen molar-refractivity contribution in [1.29, 1.82) is 0 Å². The number of hydrogen-bond acceptors (Lipinski definition) is 3. The summed E-state index contributed by atoms with van der Waals surface area (Å²) in [6, 6.07) is -1.31. The van der Waals surface area contributed by atoms with E-state index in [1.165, 1.54) is 20.0 Å². The molecular formula is C14H26N2O4. The zero-order valence-corrected chi connectivity index (χ0v) is 12.4. The molecule has 6 heteroatoms. The Hall–Kier alpha value is -1.30. The summed E-state index contributed by atoms with van der Waals surface area (Å²) in [5, 5.41) is 14.3.